The highest BCUT2D eigenvalue weighted by Crippen LogP contribution is 2.72. The quantitative estimate of drug-likeness (QED) is 0.246. The molecule has 204 valence electrons. The van der Waals surface area contributed by atoms with E-state index in [0.29, 0.717) is 12.8 Å². The SMILES string of the molecule is CCC1(C)C(=O)C(C)=C(c2ccccc2)C1(c1ccccc1)C1(C)C(=O)CC(c2ccccc2)=C1c1ccccc1. The maximum Gasteiger partial charge on any atom is 0.166 e. The van der Waals surface area contributed by atoms with Crippen LogP contribution in [0.2, 0.25) is 0 Å². The van der Waals surface area contributed by atoms with Gasteiger partial charge >= 0.3 is 0 Å². The molecule has 0 aliphatic heterocycles. The lowest BCUT2D eigenvalue weighted by molar-refractivity contribution is -0.133. The number of Topliss-reactive ketones (excluding diaryl/α,β-unsaturated/α-hetero) is 2. The molecule has 0 spiro atoms. The summed E-state index contributed by atoms with van der Waals surface area (Å²) in [5.74, 6) is 0.270. The summed E-state index contributed by atoms with van der Waals surface area (Å²) in [5.41, 5.74) is 5.02. The smallest absolute Gasteiger partial charge is 0.166 e. The van der Waals surface area contributed by atoms with Gasteiger partial charge < -0.3 is 0 Å². The van der Waals surface area contributed by atoms with Gasteiger partial charge in [0.1, 0.15) is 5.78 Å². The first kappa shape index (κ1) is 26.9. The number of allylic oxidation sites excluding steroid dienone is 4. The molecule has 0 aromatic heterocycles. The minimum absolute atomic E-state index is 0.123. The van der Waals surface area contributed by atoms with Crippen LogP contribution in [0.1, 0.15) is 62.8 Å². The monoisotopic (exact) mass is 536 g/mol. The van der Waals surface area contributed by atoms with E-state index in [2.05, 4.69) is 69.3 Å². The minimum atomic E-state index is -1.04. The van der Waals surface area contributed by atoms with Gasteiger partial charge in [0.05, 0.1) is 10.8 Å². The zero-order valence-electron chi connectivity index (χ0n) is 24.3. The van der Waals surface area contributed by atoms with Gasteiger partial charge in [-0.2, -0.15) is 0 Å². The number of hydrogen-bond acceptors (Lipinski definition) is 2. The van der Waals surface area contributed by atoms with Gasteiger partial charge in [-0.05, 0) is 64.8 Å². The van der Waals surface area contributed by atoms with Crippen LogP contribution in [0.25, 0.3) is 16.7 Å². The lowest BCUT2D eigenvalue weighted by Gasteiger charge is -2.55. The van der Waals surface area contributed by atoms with E-state index >= 15 is 4.79 Å². The van der Waals surface area contributed by atoms with Crippen LogP contribution >= 0.6 is 0 Å². The van der Waals surface area contributed by atoms with Gasteiger partial charge in [-0.25, -0.2) is 0 Å². The van der Waals surface area contributed by atoms with Crippen molar-refractivity contribution in [3.05, 3.63) is 149 Å². The third-order valence-corrected chi connectivity index (χ3v) is 10.0. The first-order valence-electron chi connectivity index (χ1n) is 14.6. The number of carbonyl (C=O) groups excluding carboxylic acids is 2. The second kappa shape index (κ2) is 9.96. The maximum atomic E-state index is 15.0. The molecule has 2 aliphatic carbocycles. The lowest BCUT2D eigenvalue weighted by atomic mass is 9.44. The molecule has 0 saturated carbocycles. The van der Waals surface area contributed by atoms with E-state index in [1.54, 1.807) is 0 Å². The van der Waals surface area contributed by atoms with Crippen molar-refractivity contribution in [1.29, 1.82) is 0 Å². The second-order valence-electron chi connectivity index (χ2n) is 11.8. The Morgan fingerprint density at radius 1 is 0.610 bits per heavy atom. The van der Waals surface area contributed by atoms with Gasteiger partial charge in [0.25, 0.3) is 0 Å². The maximum absolute atomic E-state index is 15.0. The Balaban J connectivity index is 1.83. The molecule has 2 nitrogen and oxygen atoms in total. The van der Waals surface area contributed by atoms with E-state index in [0.717, 1.165) is 44.5 Å². The second-order valence-corrected chi connectivity index (χ2v) is 11.8. The summed E-state index contributed by atoms with van der Waals surface area (Å²) in [7, 11) is 0. The predicted octanol–water partition coefficient (Wildman–Crippen LogP) is 8.99. The van der Waals surface area contributed by atoms with Crippen LogP contribution in [0.3, 0.4) is 0 Å². The molecular weight excluding hydrogens is 500 g/mol. The Hall–Kier alpha value is -4.30. The molecule has 41 heavy (non-hydrogen) atoms. The Morgan fingerprint density at radius 3 is 1.54 bits per heavy atom. The summed E-state index contributed by atoms with van der Waals surface area (Å²) in [6.45, 7) is 8.30. The van der Waals surface area contributed by atoms with Crippen LogP contribution in [0.5, 0.6) is 0 Å². The van der Waals surface area contributed by atoms with Crippen molar-refractivity contribution < 1.29 is 9.59 Å². The Labute approximate surface area is 243 Å². The molecule has 2 heteroatoms. The summed E-state index contributed by atoms with van der Waals surface area (Å²) < 4.78 is 0. The van der Waals surface area contributed by atoms with Gasteiger partial charge in [-0.15, -0.1) is 0 Å². The lowest BCUT2D eigenvalue weighted by Crippen LogP contribution is -2.58. The van der Waals surface area contributed by atoms with Crippen molar-refractivity contribution >= 4 is 28.3 Å². The molecule has 0 bridgehead atoms. The molecule has 3 atom stereocenters. The van der Waals surface area contributed by atoms with Gasteiger partial charge in [0.15, 0.2) is 5.78 Å². The predicted molar refractivity (Wildman–Crippen MR) is 168 cm³/mol. The fourth-order valence-corrected chi connectivity index (χ4v) is 8.18. The first-order valence-corrected chi connectivity index (χ1v) is 14.6. The average Bonchev–Trinajstić information content (AvgIpc) is 3.40. The highest BCUT2D eigenvalue weighted by molar-refractivity contribution is 6.23. The summed E-state index contributed by atoms with van der Waals surface area (Å²) in [6.07, 6.45) is 0.911. The molecule has 0 amide bonds. The molecule has 6 rings (SSSR count). The molecule has 0 saturated heterocycles. The van der Waals surface area contributed by atoms with Crippen LogP contribution in [0.4, 0.5) is 0 Å². The molecule has 2 aliphatic rings. The van der Waals surface area contributed by atoms with Gasteiger partial charge in [0.2, 0.25) is 0 Å². The number of ketones is 2. The van der Waals surface area contributed by atoms with E-state index < -0.39 is 16.2 Å². The topological polar surface area (TPSA) is 34.1 Å². The third kappa shape index (κ3) is 3.56. The number of rotatable bonds is 6. The Kier molecular flexibility index (Phi) is 6.53. The molecule has 0 N–H and O–H groups in total. The van der Waals surface area contributed by atoms with Crippen LogP contribution in [0.15, 0.2) is 127 Å². The standard InChI is InChI=1S/C39H36O2/c1-5-37(3)36(41)27(2)34(29-20-12-7-13-21-29)39(37,31-24-16-9-17-25-31)38(4)33(40)26-32(28-18-10-6-11-19-28)35(38)30-22-14-8-15-23-30/h6-25H,5,26H2,1-4H3. The van der Waals surface area contributed by atoms with Crippen LogP contribution in [0, 0.1) is 10.8 Å². The van der Waals surface area contributed by atoms with E-state index in [9.17, 15) is 4.79 Å². The zero-order chi connectivity index (χ0) is 28.8. The highest BCUT2D eigenvalue weighted by Gasteiger charge is 2.72. The minimum Gasteiger partial charge on any atom is -0.298 e. The van der Waals surface area contributed by atoms with Crippen molar-refractivity contribution in [2.24, 2.45) is 10.8 Å². The van der Waals surface area contributed by atoms with Gasteiger partial charge in [0, 0.05) is 11.8 Å². The van der Waals surface area contributed by atoms with Crippen LogP contribution in [-0.2, 0) is 15.0 Å². The van der Waals surface area contributed by atoms with E-state index in [1.807, 2.05) is 79.7 Å². The molecule has 3 unspecified atom stereocenters. The van der Waals surface area contributed by atoms with Crippen molar-refractivity contribution in [1.82, 2.24) is 0 Å². The molecule has 4 aromatic carbocycles. The Morgan fingerprint density at radius 2 is 1.05 bits per heavy atom. The summed E-state index contributed by atoms with van der Waals surface area (Å²) in [5, 5.41) is 0. The van der Waals surface area contributed by atoms with Crippen molar-refractivity contribution in [2.45, 2.75) is 46.0 Å². The zero-order valence-corrected chi connectivity index (χ0v) is 24.3. The highest BCUT2D eigenvalue weighted by atomic mass is 16.1. The van der Waals surface area contributed by atoms with Gasteiger partial charge in [-0.3, -0.25) is 9.59 Å². The molecule has 0 fully saturated rings. The largest absolute Gasteiger partial charge is 0.298 e. The third-order valence-electron chi connectivity index (χ3n) is 10.0. The fraction of sp³-hybridized carbons (Fsp3) is 0.231. The van der Waals surface area contributed by atoms with E-state index in [4.69, 9.17) is 0 Å². The number of benzene rings is 4. The fourth-order valence-electron chi connectivity index (χ4n) is 8.18. The summed E-state index contributed by atoms with van der Waals surface area (Å²) in [6, 6.07) is 41.2. The van der Waals surface area contributed by atoms with E-state index in [1.165, 1.54) is 0 Å². The number of carbonyl (C=O) groups is 2. The number of hydrogen-bond donors (Lipinski definition) is 0. The Bertz CT molecular complexity index is 1680. The van der Waals surface area contributed by atoms with Crippen molar-refractivity contribution in [3.63, 3.8) is 0 Å². The summed E-state index contributed by atoms with van der Waals surface area (Å²) >= 11 is 0. The average molecular weight is 537 g/mol. The van der Waals surface area contributed by atoms with Crippen LogP contribution in [-0.4, -0.2) is 11.6 Å². The van der Waals surface area contributed by atoms with Crippen molar-refractivity contribution in [3.8, 4) is 0 Å². The molecule has 4 aromatic rings. The first-order chi connectivity index (χ1) is 19.8. The van der Waals surface area contributed by atoms with Crippen molar-refractivity contribution in [2.75, 3.05) is 0 Å². The van der Waals surface area contributed by atoms with Gasteiger partial charge in [-0.1, -0.05) is 135 Å². The molecule has 0 heterocycles. The normalized spacial score (nSPS) is 26.2. The molecule has 0 radical (unpaired) electrons. The van der Waals surface area contributed by atoms with E-state index in [-0.39, 0.29) is 11.6 Å². The molecular formula is C39H36O2. The summed E-state index contributed by atoms with van der Waals surface area (Å²) in [4.78, 5) is 29.7. The van der Waals surface area contributed by atoms with Crippen LogP contribution < -0.4 is 0 Å².